The van der Waals surface area contributed by atoms with Crippen molar-refractivity contribution in [2.24, 2.45) is 11.8 Å². The monoisotopic (exact) mass is 348 g/mol. The highest BCUT2D eigenvalue weighted by molar-refractivity contribution is 7.99. The smallest absolute Gasteiger partial charge is 0.304 e. The lowest BCUT2D eigenvalue weighted by atomic mass is 9.85. The molecule has 1 aliphatic rings. The Kier molecular flexibility index (Phi) is 7.84. The Labute approximate surface area is 140 Å². The number of thioether (sulfide) groups is 1. The molecule has 0 unspecified atom stereocenters. The zero-order valence-corrected chi connectivity index (χ0v) is 14.6. The topological polar surface area (TPSA) is 99.1 Å². The Morgan fingerprint density at radius 2 is 1.78 bits per heavy atom. The SMILES string of the molecule is CC(=O)OC[C@H]1O[C@H](SCCC(=O)O)[C@H](C)[C@@H](C)[C@H]1OC(C)=O. The van der Waals surface area contributed by atoms with Crippen molar-refractivity contribution in [1.82, 2.24) is 0 Å². The lowest BCUT2D eigenvalue weighted by Crippen LogP contribution is -2.52. The van der Waals surface area contributed by atoms with Crippen LogP contribution in [0.25, 0.3) is 0 Å². The summed E-state index contributed by atoms with van der Waals surface area (Å²) in [5.74, 6) is -1.22. The van der Waals surface area contributed by atoms with Crippen molar-refractivity contribution in [2.45, 2.75) is 51.8 Å². The minimum atomic E-state index is -0.858. The summed E-state index contributed by atoms with van der Waals surface area (Å²) in [5.41, 5.74) is -0.239. The molecule has 0 saturated carbocycles. The van der Waals surface area contributed by atoms with Gasteiger partial charge in [-0.2, -0.15) is 0 Å². The summed E-state index contributed by atoms with van der Waals surface area (Å²) in [7, 11) is 0. The zero-order valence-electron chi connectivity index (χ0n) is 13.8. The third kappa shape index (κ3) is 6.39. The molecule has 5 atom stereocenters. The average Bonchev–Trinajstić information content (AvgIpc) is 2.44. The Bertz CT molecular complexity index is 440. The summed E-state index contributed by atoms with van der Waals surface area (Å²) in [4.78, 5) is 33.0. The maximum Gasteiger partial charge on any atom is 0.304 e. The van der Waals surface area contributed by atoms with Gasteiger partial charge >= 0.3 is 17.9 Å². The number of hydrogen-bond donors (Lipinski definition) is 1. The maximum absolute atomic E-state index is 11.3. The maximum atomic E-state index is 11.3. The van der Waals surface area contributed by atoms with Gasteiger partial charge in [0.2, 0.25) is 0 Å². The van der Waals surface area contributed by atoms with Crippen LogP contribution in [-0.2, 0) is 28.6 Å². The second-order valence-corrected chi connectivity index (χ2v) is 6.86. The van der Waals surface area contributed by atoms with E-state index in [1.54, 1.807) is 0 Å². The first-order valence-corrected chi connectivity index (χ1v) is 8.56. The number of aliphatic carboxylic acids is 1. The van der Waals surface area contributed by atoms with Crippen LogP contribution in [-0.4, -0.2) is 53.0 Å². The molecular weight excluding hydrogens is 324 g/mol. The van der Waals surface area contributed by atoms with Crippen LogP contribution in [0.1, 0.15) is 34.1 Å². The first-order chi connectivity index (χ1) is 10.7. The number of carbonyl (C=O) groups is 3. The van der Waals surface area contributed by atoms with Gasteiger partial charge in [0, 0.05) is 25.5 Å². The summed E-state index contributed by atoms with van der Waals surface area (Å²) >= 11 is 1.41. The molecule has 1 saturated heterocycles. The van der Waals surface area contributed by atoms with Gasteiger partial charge in [-0.1, -0.05) is 13.8 Å². The van der Waals surface area contributed by atoms with Gasteiger partial charge in [0.1, 0.15) is 24.3 Å². The van der Waals surface area contributed by atoms with Crippen LogP contribution in [0.2, 0.25) is 0 Å². The molecule has 0 aromatic carbocycles. The summed E-state index contributed by atoms with van der Waals surface area (Å²) < 4.78 is 16.3. The van der Waals surface area contributed by atoms with Crippen molar-refractivity contribution in [1.29, 1.82) is 0 Å². The quantitative estimate of drug-likeness (QED) is 0.694. The van der Waals surface area contributed by atoms with E-state index in [0.717, 1.165) is 0 Å². The molecule has 1 heterocycles. The van der Waals surface area contributed by atoms with Crippen molar-refractivity contribution >= 4 is 29.7 Å². The number of carboxylic acids is 1. The minimum Gasteiger partial charge on any atom is -0.481 e. The van der Waals surface area contributed by atoms with Crippen molar-refractivity contribution in [3.8, 4) is 0 Å². The Morgan fingerprint density at radius 1 is 1.13 bits per heavy atom. The zero-order chi connectivity index (χ0) is 17.6. The molecule has 0 amide bonds. The van der Waals surface area contributed by atoms with Gasteiger partial charge in [-0.15, -0.1) is 11.8 Å². The van der Waals surface area contributed by atoms with Crippen LogP contribution < -0.4 is 0 Å². The van der Waals surface area contributed by atoms with E-state index in [-0.39, 0.29) is 30.3 Å². The third-order valence-electron chi connectivity index (χ3n) is 3.80. The number of hydrogen-bond acceptors (Lipinski definition) is 7. The normalized spacial score (nSPS) is 30.5. The highest BCUT2D eigenvalue weighted by Crippen LogP contribution is 2.38. The van der Waals surface area contributed by atoms with Gasteiger partial charge < -0.3 is 19.3 Å². The highest BCUT2D eigenvalue weighted by Gasteiger charge is 2.44. The van der Waals surface area contributed by atoms with Crippen LogP contribution in [0.5, 0.6) is 0 Å². The molecule has 0 aromatic heterocycles. The minimum absolute atomic E-state index is 0.000328. The molecule has 8 heteroatoms. The van der Waals surface area contributed by atoms with Crippen molar-refractivity contribution in [3.63, 3.8) is 0 Å². The van der Waals surface area contributed by atoms with E-state index in [1.165, 1.54) is 25.6 Å². The van der Waals surface area contributed by atoms with Gasteiger partial charge in [0.25, 0.3) is 0 Å². The standard InChI is InChI=1S/C15H24O7S/c1-8-9(2)15(23-6-5-13(18)19)22-12(7-20-10(3)16)14(8)21-11(4)17/h8-9,12,14-15H,5-7H2,1-4H3,(H,18,19)/t8-,9-,12-,14-,15-/m1/s1. The fourth-order valence-electron chi connectivity index (χ4n) is 2.42. The summed E-state index contributed by atoms with van der Waals surface area (Å²) in [6, 6.07) is 0. The molecule has 1 N–H and O–H groups in total. The molecule has 0 aromatic rings. The van der Waals surface area contributed by atoms with E-state index in [4.69, 9.17) is 19.3 Å². The summed E-state index contributed by atoms with van der Waals surface area (Å²) in [5, 5.41) is 8.73. The molecule has 0 bridgehead atoms. The molecule has 0 aliphatic carbocycles. The lowest BCUT2D eigenvalue weighted by molar-refractivity contribution is -0.191. The van der Waals surface area contributed by atoms with E-state index >= 15 is 0 Å². The predicted octanol–water partition coefficient (Wildman–Crippen LogP) is 1.69. The van der Waals surface area contributed by atoms with E-state index in [9.17, 15) is 14.4 Å². The van der Waals surface area contributed by atoms with E-state index in [2.05, 4.69) is 0 Å². The fourth-order valence-corrected chi connectivity index (χ4v) is 3.72. The fraction of sp³-hybridized carbons (Fsp3) is 0.800. The highest BCUT2D eigenvalue weighted by atomic mass is 32.2. The number of carbonyl (C=O) groups excluding carboxylic acids is 2. The second kappa shape index (κ2) is 9.12. The molecule has 1 aliphatic heterocycles. The van der Waals surface area contributed by atoms with Crippen molar-refractivity contribution < 1.29 is 33.7 Å². The van der Waals surface area contributed by atoms with Gasteiger partial charge in [-0.3, -0.25) is 14.4 Å². The van der Waals surface area contributed by atoms with Gasteiger partial charge in [0.05, 0.1) is 6.42 Å². The van der Waals surface area contributed by atoms with Crippen LogP contribution in [0, 0.1) is 11.8 Å². The number of rotatable bonds is 7. The molecule has 23 heavy (non-hydrogen) atoms. The molecular formula is C15H24O7S. The van der Waals surface area contributed by atoms with E-state index in [1.807, 2.05) is 13.8 Å². The van der Waals surface area contributed by atoms with E-state index in [0.29, 0.717) is 5.75 Å². The number of esters is 2. The third-order valence-corrected chi connectivity index (χ3v) is 5.11. The van der Waals surface area contributed by atoms with Crippen molar-refractivity contribution in [3.05, 3.63) is 0 Å². The predicted molar refractivity (Wildman–Crippen MR) is 83.9 cm³/mol. The summed E-state index contributed by atoms with van der Waals surface area (Å²) in [6.07, 6.45) is -1.01. The molecule has 1 fully saturated rings. The molecule has 0 spiro atoms. The Hall–Kier alpha value is -1.28. The van der Waals surface area contributed by atoms with Crippen LogP contribution in [0.15, 0.2) is 0 Å². The first-order valence-electron chi connectivity index (χ1n) is 7.51. The van der Waals surface area contributed by atoms with Gasteiger partial charge in [-0.25, -0.2) is 0 Å². The van der Waals surface area contributed by atoms with Crippen LogP contribution >= 0.6 is 11.8 Å². The molecule has 7 nitrogen and oxygen atoms in total. The molecule has 132 valence electrons. The van der Waals surface area contributed by atoms with Crippen LogP contribution in [0.3, 0.4) is 0 Å². The second-order valence-electron chi connectivity index (χ2n) is 5.65. The first kappa shape index (κ1) is 19.8. The lowest BCUT2D eigenvalue weighted by Gasteiger charge is -2.43. The largest absolute Gasteiger partial charge is 0.481 e. The molecule has 1 rings (SSSR count). The average molecular weight is 348 g/mol. The summed E-state index contributed by atoms with van der Waals surface area (Å²) in [6.45, 7) is 6.55. The van der Waals surface area contributed by atoms with Crippen molar-refractivity contribution in [2.75, 3.05) is 12.4 Å². The number of carboxylic acid groups (broad SMARTS) is 1. The van der Waals surface area contributed by atoms with Gasteiger partial charge in [-0.05, 0) is 5.92 Å². The molecule has 0 radical (unpaired) electrons. The van der Waals surface area contributed by atoms with E-state index < -0.39 is 30.1 Å². The Balaban J connectivity index is 2.76. The Morgan fingerprint density at radius 3 is 2.30 bits per heavy atom. The number of ether oxygens (including phenoxy) is 3. The van der Waals surface area contributed by atoms with Gasteiger partial charge in [0.15, 0.2) is 0 Å². The van der Waals surface area contributed by atoms with Crippen LogP contribution in [0.4, 0.5) is 0 Å².